The van der Waals surface area contributed by atoms with Gasteiger partial charge in [0.15, 0.2) is 0 Å². The van der Waals surface area contributed by atoms with Crippen molar-refractivity contribution in [1.29, 1.82) is 0 Å². The molecule has 1 N–H and O–H groups in total. The highest BCUT2D eigenvalue weighted by Gasteiger charge is 2.49. The van der Waals surface area contributed by atoms with Crippen LogP contribution in [0.5, 0.6) is 0 Å². The lowest BCUT2D eigenvalue weighted by molar-refractivity contribution is -0.143. The molecule has 2 heteroatoms. The van der Waals surface area contributed by atoms with E-state index in [4.69, 9.17) is 5.11 Å². The second-order valence-electron chi connectivity index (χ2n) is 6.39. The lowest BCUT2D eigenvalue weighted by atomic mass is 9.58. The van der Waals surface area contributed by atoms with E-state index in [9.17, 15) is 4.79 Å². The van der Waals surface area contributed by atoms with Crippen molar-refractivity contribution in [2.24, 2.45) is 16.7 Å². The monoisotopic (exact) mass is 210 g/mol. The number of aliphatic carboxylic acids is 1. The third-order valence-electron chi connectivity index (χ3n) is 4.69. The summed E-state index contributed by atoms with van der Waals surface area (Å²) in [5.41, 5.74) is 0.630. The number of hydrogen-bond donors (Lipinski definition) is 1. The van der Waals surface area contributed by atoms with Crippen LogP contribution < -0.4 is 0 Å². The molecule has 2 rings (SSSR count). The Hall–Kier alpha value is -0.530. The Morgan fingerprint density at radius 1 is 1.33 bits per heavy atom. The second-order valence-corrected chi connectivity index (χ2v) is 6.39. The molecule has 0 radical (unpaired) electrons. The van der Waals surface area contributed by atoms with Gasteiger partial charge in [-0.1, -0.05) is 20.3 Å². The van der Waals surface area contributed by atoms with E-state index in [2.05, 4.69) is 13.8 Å². The van der Waals surface area contributed by atoms with Crippen molar-refractivity contribution < 1.29 is 9.90 Å². The summed E-state index contributed by atoms with van der Waals surface area (Å²) in [6.45, 7) is 4.64. The minimum Gasteiger partial charge on any atom is -0.481 e. The smallest absolute Gasteiger partial charge is 0.303 e. The third kappa shape index (κ3) is 2.04. The van der Waals surface area contributed by atoms with Gasteiger partial charge in [0.05, 0.1) is 6.42 Å². The van der Waals surface area contributed by atoms with Crippen LogP contribution in [0.1, 0.15) is 58.8 Å². The lowest BCUT2D eigenvalue weighted by Gasteiger charge is -2.46. The Balaban J connectivity index is 2.04. The molecule has 2 saturated carbocycles. The molecule has 2 fully saturated rings. The maximum Gasteiger partial charge on any atom is 0.303 e. The molecule has 1 unspecified atom stereocenters. The molecular weight excluding hydrogens is 188 g/mol. The topological polar surface area (TPSA) is 37.3 Å². The first-order chi connectivity index (χ1) is 6.94. The van der Waals surface area contributed by atoms with Gasteiger partial charge in [-0.25, -0.2) is 0 Å². The van der Waals surface area contributed by atoms with Crippen molar-refractivity contribution >= 4 is 5.97 Å². The van der Waals surface area contributed by atoms with Crippen LogP contribution in [-0.4, -0.2) is 11.1 Å². The predicted octanol–water partition coefficient (Wildman–Crippen LogP) is 3.46. The molecule has 2 aliphatic carbocycles. The van der Waals surface area contributed by atoms with Gasteiger partial charge < -0.3 is 5.11 Å². The van der Waals surface area contributed by atoms with Crippen LogP contribution in [0.15, 0.2) is 0 Å². The van der Waals surface area contributed by atoms with E-state index in [1.807, 2.05) is 0 Å². The fourth-order valence-corrected chi connectivity index (χ4v) is 3.62. The largest absolute Gasteiger partial charge is 0.481 e. The zero-order valence-corrected chi connectivity index (χ0v) is 9.88. The Labute approximate surface area is 92.1 Å². The molecule has 0 aromatic heterocycles. The maximum atomic E-state index is 10.9. The molecule has 15 heavy (non-hydrogen) atoms. The predicted molar refractivity (Wildman–Crippen MR) is 59.7 cm³/mol. The first kappa shape index (κ1) is 11.0. The first-order valence-electron chi connectivity index (χ1n) is 6.15. The second kappa shape index (κ2) is 3.50. The molecule has 86 valence electrons. The van der Waals surface area contributed by atoms with Crippen molar-refractivity contribution in [2.75, 3.05) is 0 Å². The van der Waals surface area contributed by atoms with Gasteiger partial charge in [-0.15, -0.1) is 0 Å². The van der Waals surface area contributed by atoms with Crippen LogP contribution in [0.25, 0.3) is 0 Å². The van der Waals surface area contributed by atoms with Gasteiger partial charge in [-0.2, -0.15) is 0 Å². The summed E-state index contributed by atoms with van der Waals surface area (Å²) in [7, 11) is 0. The van der Waals surface area contributed by atoms with Gasteiger partial charge in [-0.05, 0) is 48.9 Å². The van der Waals surface area contributed by atoms with E-state index in [0.29, 0.717) is 17.8 Å². The van der Waals surface area contributed by atoms with E-state index in [1.54, 1.807) is 0 Å². The molecule has 0 bridgehead atoms. The van der Waals surface area contributed by atoms with Crippen molar-refractivity contribution in [3.63, 3.8) is 0 Å². The summed E-state index contributed by atoms with van der Waals surface area (Å²) in [5.74, 6) is 0.0803. The van der Waals surface area contributed by atoms with Gasteiger partial charge in [0.25, 0.3) is 0 Å². The summed E-state index contributed by atoms with van der Waals surface area (Å²) in [6.07, 6.45) is 7.72. The molecule has 0 aromatic rings. The van der Waals surface area contributed by atoms with Crippen LogP contribution in [0.3, 0.4) is 0 Å². The normalized spacial score (nSPS) is 32.3. The van der Waals surface area contributed by atoms with E-state index in [0.717, 1.165) is 12.8 Å². The van der Waals surface area contributed by atoms with E-state index >= 15 is 0 Å². The van der Waals surface area contributed by atoms with Gasteiger partial charge in [0.1, 0.15) is 0 Å². The van der Waals surface area contributed by atoms with Crippen LogP contribution in [0.4, 0.5) is 0 Å². The Morgan fingerprint density at radius 2 is 2.00 bits per heavy atom. The molecule has 0 aromatic carbocycles. The maximum absolute atomic E-state index is 10.9. The molecule has 0 amide bonds. The van der Waals surface area contributed by atoms with Gasteiger partial charge in [0, 0.05) is 0 Å². The van der Waals surface area contributed by atoms with Crippen LogP contribution in [0.2, 0.25) is 0 Å². The quantitative estimate of drug-likeness (QED) is 0.774. The number of rotatable bonds is 3. The number of carboxylic acids is 1. The average Bonchev–Trinajstić information content (AvgIpc) is 2.38. The summed E-state index contributed by atoms with van der Waals surface area (Å²) in [5, 5.41) is 9.00. The van der Waals surface area contributed by atoms with E-state index in [-0.39, 0.29) is 5.41 Å². The first-order valence-corrected chi connectivity index (χ1v) is 6.15. The minimum atomic E-state index is -0.598. The van der Waals surface area contributed by atoms with Gasteiger partial charge in [0.2, 0.25) is 0 Å². The van der Waals surface area contributed by atoms with Gasteiger partial charge >= 0.3 is 5.97 Å². The molecule has 2 aliphatic rings. The molecule has 0 heterocycles. The number of carbonyl (C=O) groups is 1. The third-order valence-corrected chi connectivity index (χ3v) is 4.69. The van der Waals surface area contributed by atoms with Crippen LogP contribution in [0, 0.1) is 16.7 Å². The molecule has 0 aliphatic heterocycles. The molecule has 2 nitrogen and oxygen atoms in total. The minimum absolute atomic E-state index is 0.180. The number of carboxylic acid groups (broad SMARTS) is 1. The van der Waals surface area contributed by atoms with Crippen molar-refractivity contribution in [3.8, 4) is 0 Å². The zero-order valence-electron chi connectivity index (χ0n) is 9.88. The van der Waals surface area contributed by atoms with Crippen molar-refractivity contribution in [2.45, 2.75) is 58.8 Å². The Morgan fingerprint density at radius 3 is 2.33 bits per heavy atom. The molecular formula is C13H22O2. The van der Waals surface area contributed by atoms with Crippen molar-refractivity contribution in [3.05, 3.63) is 0 Å². The highest BCUT2D eigenvalue weighted by Crippen LogP contribution is 2.58. The summed E-state index contributed by atoms with van der Waals surface area (Å²) >= 11 is 0. The molecule has 0 saturated heterocycles. The number of hydrogen-bond acceptors (Lipinski definition) is 1. The molecule has 0 spiro atoms. The zero-order chi connectivity index (χ0) is 11.1. The SMILES string of the molecule is CC1(C)CCC(C2(CC(=O)O)CCC2)C1. The fourth-order valence-electron chi connectivity index (χ4n) is 3.62. The van der Waals surface area contributed by atoms with Gasteiger partial charge in [-0.3, -0.25) is 4.79 Å². The Bertz CT molecular complexity index is 264. The van der Waals surface area contributed by atoms with E-state index < -0.39 is 5.97 Å². The Kier molecular flexibility index (Phi) is 2.56. The van der Waals surface area contributed by atoms with E-state index in [1.165, 1.54) is 25.7 Å². The lowest BCUT2D eigenvalue weighted by Crippen LogP contribution is -2.38. The van der Waals surface area contributed by atoms with Crippen molar-refractivity contribution in [1.82, 2.24) is 0 Å². The highest BCUT2D eigenvalue weighted by atomic mass is 16.4. The standard InChI is InChI=1S/C13H22O2/c1-12(2)7-4-10(8-12)13(5-3-6-13)9-11(14)15/h10H,3-9H2,1-2H3,(H,14,15). The van der Waals surface area contributed by atoms with Crippen LogP contribution in [-0.2, 0) is 4.79 Å². The van der Waals surface area contributed by atoms with Crippen LogP contribution >= 0.6 is 0 Å². The summed E-state index contributed by atoms with van der Waals surface area (Å²) in [6, 6.07) is 0. The molecule has 1 atom stereocenters. The fraction of sp³-hybridized carbons (Fsp3) is 0.923. The highest BCUT2D eigenvalue weighted by molar-refractivity contribution is 5.68. The summed E-state index contributed by atoms with van der Waals surface area (Å²) < 4.78 is 0. The average molecular weight is 210 g/mol. The summed E-state index contributed by atoms with van der Waals surface area (Å²) in [4.78, 5) is 10.9.